The van der Waals surface area contributed by atoms with Gasteiger partial charge < -0.3 is 20.3 Å². The Morgan fingerprint density at radius 3 is 2.61 bits per heavy atom. The molecule has 3 heterocycles. The Balaban J connectivity index is 1.35. The van der Waals surface area contributed by atoms with E-state index >= 15 is 0 Å². The second-order valence-corrected chi connectivity index (χ2v) is 8.33. The SMILES string of the molecule is O=C1c2cnc(Nc3ccc(N4CCNCC4)c(F)c3)nc2OCN1c1c(Cl)cccc1Cl. The fraction of sp³-hybridized carbons (Fsp3) is 0.227. The van der Waals surface area contributed by atoms with Gasteiger partial charge in [-0.15, -0.1) is 0 Å². The number of hydrogen-bond donors (Lipinski definition) is 2. The van der Waals surface area contributed by atoms with Gasteiger partial charge in [0.05, 0.1) is 21.4 Å². The Kier molecular flexibility index (Phi) is 5.92. The molecule has 2 aromatic carbocycles. The molecular formula is C22H19Cl2FN6O2. The number of piperazine rings is 1. The summed E-state index contributed by atoms with van der Waals surface area (Å²) in [6, 6.07) is 9.86. The van der Waals surface area contributed by atoms with Crippen LogP contribution in [0, 0.1) is 5.82 Å². The molecule has 11 heteroatoms. The third-order valence-electron chi connectivity index (χ3n) is 5.43. The summed E-state index contributed by atoms with van der Waals surface area (Å²) in [5.74, 6) is -0.419. The molecule has 0 radical (unpaired) electrons. The molecule has 0 atom stereocenters. The molecule has 33 heavy (non-hydrogen) atoms. The van der Waals surface area contributed by atoms with Gasteiger partial charge in [0.2, 0.25) is 11.8 Å². The van der Waals surface area contributed by atoms with Gasteiger partial charge in [0, 0.05) is 38.1 Å². The van der Waals surface area contributed by atoms with Crippen molar-refractivity contribution >= 4 is 52.1 Å². The molecule has 0 aliphatic carbocycles. The van der Waals surface area contributed by atoms with Crippen LogP contribution < -0.4 is 25.2 Å². The molecule has 2 N–H and O–H groups in total. The average molecular weight is 489 g/mol. The first-order chi connectivity index (χ1) is 16.0. The minimum absolute atomic E-state index is 0.111. The number of ether oxygens (including phenoxy) is 1. The van der Waals surface area contributed by atoms with E-state index in [1.54, 1.807) is 30.3 Å². The highest BCUT2D eigenvalue weighted by Crippen LogP contribution is 2.37. The third kappa shape index (κ3) is 4.27. The van der Waals surface area contributed by atoms with Gasteiger partial charge in [-0.05, 0) is 30.3 Å². The fourth-order valence-electron chi connectivity index (χ4n) is 3.80. The van der Waals surface area contributed by atoms with Crippen molar-refractivity contribution in [3.8, 4) is 5.88 Å². The summed E-state index contributed by atoms with van der Waals surface area (Å²) < 4.78 is 20.4. The Morgan fingerprint density at radius 1 is 1.12 bits per heavy atom. The predicted molar refractivity (Wildman–Crippen MR) is 126 cm³/mol. The van der Waals surface area contributed by atoms with Crippen LogP contribution >= 0.6 is 23.2 Å². The van der Waals surface area contributed by atoms with Crippen LogP contribution in [-0.2, 0) is 0 Å². The lowest BCUT2D eigenvalue weighted by molar-refractivity contribution is 0.0932. The number of rotatable bonds is 4. The number of benzene rings is 2. The average Bonchev–Trinajstić information content (AvgIpc) is 2.81. The Hall–Kier alpha value is -3.14. The maximum Gasteiger partial charge on any atom is 0.268 e. The van der Waals surface area contributed by atoms with Crippen molar-refractivity contribution in [2.24, 2.45) is 0 Å². The van der Waals surface area contributed by atoms with E-state index in [4.69, 9.17) is 27.9 Å². The van der Waals surface area contributed by atoms with E-state index < -0.39 is 0 Å². The summed E-state index contributed by atoms with van der Waals surface area (Å²) in [5.41, 5.74) is 1.57. The van der Waals surface area contributed by atoms with Gasteiger partial charge in [0.25, 0.3) is 5.91 Å². The number of nitrogens with one attached hydrogen (secondary N) is 2. The smallest absolute Gasteiger partial charge is 0.268 e. The van der Waals surface area contributed by atoms with Gasteiger partial charge in [-0.25, -0.2) is 9.37 Å². The van der Waals surface area contributed by atoms with Crippen molar-refractivity contribution in [3.05, 3.63) is 64.0 Å². The third-order valence-corrected chi connectivity index (χ3v) is 6.04. The summed E-state index contributed by atoms with van der Waals surface area (Å²) in [6.45, 7) is 3.03. The number of nitrogens with zero attached hydrogens (tertiary/aromatic N) is 4. The minimum Gasteiger partial charge on any atom is -0.455 e. The van der Waals surface area contributed by atoms with Crippen LogP contribution in [0.1, 0.15) is 10.4 Å². The number of para-hydroxylation sites is 1. The number of carbonyl (C=O) groups is 1. The number of amides is 1. The number of fused-ring (bicyclic) bond motifs is 1. The molecular weight excluding hydrogens is 470 g/mol. The van der Waals surface area contributed by atoms with Crippen molar-refractivity contribution in [2.45, 2.75) is 0 Å². The summed E-state index contributed by atoms with van der Waals surface area (Å²) >= 11 is 12.5. The lowest BCUT2D eigenvalue weighted by atomic mass is 10.2. The van der Waals surface area contributed by atoms with E-state index in [1.165, 1.54) is 17.2 Å². The monoisotopic (exact) mass is 488 g/mol. The Labute approximate surface area is 199 Å². The highest BCUT2D eigenvalue weighted by Gasteiger charge is 2.31. The van der Waals surface area contributed by atoms with Crippen LogP contribution in [0.2, 0.25) is 10.0 Å². The lowest BCUT2D eigenvalue weighted by Crippen LogP contribution is -2.43. The van der Waals surface area contributed by atoms with Gasteiger partial charge in [0.15, 0.2) is 6.73 Å². The number of halogens is 3. The predicted octanol–water partition coefficient (Wildman–Crippen LogP) is 4.07. The van der Waals surface area contributed by atoms with Gasteiger partial charge in [-0.3, -0.25) is 9.69 Å². The van der Waals surface area contributed by atoms with Crippen LogP contribution in [0.4, 0.5) is 27.4 Å². The van der Waals surface area contributed by atoms with E-state index in [2.05, 4.69) is 20.6 Å². The zero-order valence-corrected chi connectivity index (χ0v) is 18.8. The molecule has 0 spiro atoms. The molecule has 0 saturated carbocycles. The van der Waals surface area contributed by atoms with Crippen LogP contribution in [0.3, 0.4) is 0 Å². The normalized spacial score (nSPS) is 15.8. The summed E-state index contributed by atoms with van der Waals surface area (Å²) in [6.07, 6.45) is 1.36. The van der Waals surface area contributed by atoms with Crippen LogP contribution in [-0.4, -0.2) is 48.8 Å². The van der Waals surface area contributed by atoms with Gasteiger partial charge >= 0.3 is 0 Å². The Bertz CT molecular complexity index is 1200. The lowest BCUT2D eigenvalue weighted by Gasteiger charge is -2.30. The minimum atomic E-state index is -0.385. The number of anilines is 4. The van der Waals surface area contributed by atoms with E-state index in [9.17, 15) is 9.18 Å². The summed E-state index contributed by atoms with van der Waals surface area (Å²) in [4.78, 5) is 24.8. The highest BCUT2D eigenvalue weighted by molar-refractivity contribution is 6.40. The topological polar surface area (TPSA) is 82.6 Å². The zero-order chi connectivity index (χ0) is 22.9. The van der Waals surface area contributed by atoms with Gasteiger partial charge in [-0.2, -0.15) is 4.98 Å². The molecule has 8 nitrogen and oxygen atoms in total. The number of aromatic nitrogens is 2. The van der Waals surface area contributed by atoms with Crippen molar-refractivity contribution in [2.75, 3.05) is 48.0 Å². The molecule has 170 valence electrons. The van der Waals surface area contributed by atoms with Crippen LogP contribution in [0.15, 0.2) is 42.6 Å². The molecule has 1 saturated heterocycles. The van der Waals surface area contributed by atoms with Crippen molar-refractivity contribution in [1.82, 2.24) is 15.3 Å². The quantitative estimate of drug-likeness (QED) is 0.572. The summed E-state index contributed by atoms with van der Waals surface area (Å²) in [7, 11) is 0. The molecule has 5 rings (SSSR count). The van der Waals surface area contributed by atoms with Gasteiger partial charge in [0.1, 0.15) is 11.4 Å². The maximum atomic E-state index is 14.7. The fourth-order valence-corrected chi connectivity index (χ4v) is 4.40. The second-order valence-electron chi connectivity index (χ2n) is 7.52. The second kappa shape index (κ2) is 9.01. The molecule has 1 aromatic heterocycles. The molecule has 2 aliphatic rings. The summed E-state index contributed by atoms with van der Waals surface area (Å²) in [5, 5.41) is 6.86. The molecule has 1 fully saturated rings. The van der Waals surface area contributed by atoms with Gasteiger partial charge in [-0.1, -0.05) is 29.3 Å². The van der Waals surface area contributed by atoms with Crippen LogP contribution in [0.5, 0.6) is 5.88 Å². The van der Waals surface area contributed by atoms with Crippen LogP contribution in [0.25, 0.3) is 0 Å². The highest BCUT2D eigenvalue weighted by atomic mass is 35.5. The van der Waals surface area contributed by atoms with Crippen molar-refractivity contribution in [3.63, 3.8) is 0 Å². The number of carbonyl (C=O) groups excluding carboxylic acids is 1. The van der Waals surface area contributed by atoms with Crippen molar-refractivity contribution in [1.29, 1.82) is 0 Å². The first-order valence-corrected chi connectivity index (χ1v) is 11.0. The molecule has 0 bridgehead atoms. The zero-order valence-electron chi connectivity index (χ0n) is 17.3. The molecule has 0 unspecified atom stereocenters. The standard InChI is InChI=1S/C22H19Cl2FN6O2/c23-15-2-1-3-16(24)19(15)31-12-33-20-14(21(31)32)11-27-22(29-20)28-13-4-5-18(17(25)10-13)30-8-6-26-7-9-30/h1-5,10-11,26H,6-9,12H2,(H,27,28,29). The molecule has 2 aliphatic heterocycles. The first-order valence-electron chi connectivity index (χ1n) is 10.3. The molecule has 1 amide bonds. The molecule has 3 aromatic rings. The van der Waals surface area contributed by atoms with E-state index in [0.717, 1.165) is 26.2 Å². The first kappa shape index (κ1) is 21.7. The van der Waals surface area contributed by atoms with Crippen molar-refractivity contribution < 1.29 is 13.9 Å². The Morgan fingerprint density at radius 2 is 1.88 bits per heavy atom. The van der Waals surface area contributed by atoms with E-state index in [-0.39, 0.29) is 35.8 Å². The van der Waals surface area contributed by atoms with E-state index in [1.807, 2.05) is 4.90 Å². The largest absolute Gasteiger partial charge is 0.455 e. The maximum absolute atomic E-state index is 14.7. The number of hydrogen-bond acceptors (Lipinski definition) is 7. The van der Waals surface area contributed by atoms with E-state index in [0.29, 0.717) is 27.1 Å².